The molecule has 0 saturated heterocycles. The Morgan fingerprint density at radius 3 is 2.43 bits per heavy atom. The molecule has 5 nitrogen and oxygen atoms in total. The van der Waals surface area contributed by atoms with Gasteiger partial charge in [-0.15, -0.1) is 0 Å². The highest BCUT2D eigenvalue weighted by atomic mass is 16.2. The number of carbonyl (C=O) groups excluding carboxylic acids is 2. The maximum atomic E-state index is 12.9. The van der Waals surface area contributed by atoms with Crippen LogP contribution in [0, 0.1) is 20.8 Å². The first kappa shape index (κ1) is 20.1. The lowest BCUT2D eigenvalue weighted by Crippen LogP contribution is -2.43. The number of nitrogens with one attached hydrogen (secondary N) is 1. The summed E-state index contributed by atoms with van der Waals surface area (Å²) in [4.78, 5) is 29.0. The number of hydrogen-bond donors (Lipinski definition) is 1. The monoisotopic (exact) mass is 379 g/mol. The van der Waals surface area contributed by atoms with Gasteiger partial charge in [-0.05, 0) is 63.9 Å². The number of para-hydroxylation sites is 1. The van der Waals surface area contributed by atoms with E-state index in [1.807, 2.05) is 43.9 Å². The predicted molar refractivity (Wildman–Crippen MR) is 114 cm³/mol. The van der Waals surface area contributed by atoms with Gasteiger partial charge in [-0.3, -0.25) is 14.5 Å². The number of carbonyl (C=O) groups is 2. The van der Waals surface area contributed by atoms with Crippen molar-refractivity contribution in [2.45, 2.75) is 40.2 Å². The van der Waals surface area contributed by atoms with Crippen LogP contribution in [-0.2, 0) is 16.0 Å². The fourth-order valence-corrected chi connectivity index (χ4v) is 4.11. The molecule has 1 N–H and O–H groups in total. The van der Waals surface area contributed by atoms with Crippen molar-refractivity contribution in [3.05, 3.63) is 58.7 Å². The molecule has 3 rings (SSSR count). The van der Waals surface area contributed by atoms with E-state index in [-0.39, 0.29) is 30.9 Å². The van der Waals surface area contributed by atoms with Crippen LogP contribution in [0.5, 0.6) is 0 Å². The molecule has 0 unspecified atom stereocenters. The van der Waals surface area contributed by atoms with Crippen LogP contribution in [0.4, 0.5) is 11.4 Å². The molecule has 28 heavy (non-hydrogen) atoms. The number of likely N-dealkylation sites (N-methyl/N-ethyl adjacent to an activating group) is 1. The molecule has 2 aromatic rings. The highest BCUT2D eigenvalue weighted by Gasteiger charge is 2.30. The van der Waals surface area contributed by atoms with E-state index in [9.17, 15) is 9.59 Å². The van der Waals surface area contributed by atoms with E-state index in [0.717, 1.165) is 28.9 Å². The minimum atomic E-state index is -0.111. The van der Waals surface area contributed by atoms with Gasteiger partial charge in [0.25, 0.3) is 0 Å². The second-order valence-corrected chi connectivity index (χ2v) is 7.94. The Balaban J connectivity index is 1.60. The summed E-state index contributed by atoms with van der Waals surface area (Å²) < 4.78 is 0. The fraction of sp³-hybridized carbons (Fsp3) is 0.391. The smallest absolute Gasteiger partial charge is 0.241 e. The fourth-order valence-electron chi connectivity index (χ4n) is 4.11. The lowest BCUT2D eigenvalue weighted by atomic mass is 10.1. The quantitative estimate of drug-likeness (QED) is 0.866. The Kier molecular flexibility index (Phi) is 5.84. The molecule has 0 radical (unpaired) electrons. The number of rotatable bonds is 5. The topological polar surface area (TPSA) is 52.7 Å². The van der Waals surface area contributed by atoms with Gasteiger partial charge in [0.15, 0.2) is 0 Å². The molecule has 2 aromatic carbocycles. The molecule has 0 bridgehead atoms. The minimum absolute atomic E-state index is 0.0236. The van der Waals surface area contributed by atoms with Crippen LogP contribution in [0.15, 0.2) is 36.4 Å². The highest BCUT2D eigenvalue weighted by Crippen LogP contribution is 2.31. The zero-order chi connectivity index (χ0) is 20.4. The minimum Gasteiger partial charge on any atom is -0.324 e. The molecule has 1 aliphatic heterocycles. The van der Waals surface area contributed by atoms with Gasteiger partial charge in [0, 0.05) is 17.4 Å². The normalized spacial score (nSPS) is 15.6. The summed E-state index contributed by atoms with van der Waals surface area (Å²) in [7, 11) is 1.80. The Bertz CT molecular complexity index is 883. The van der Waals surface area contributed by atoms with Gasteiger partial charge in [0.05, 0.1) is 13.1 Å². The third kappa shape index (κ3) is 4.25. The number of fused-ring (bicyclic) bond motifs is 1. The first-order valence-electron chi connectivity index (χ1n) is 9.72. The molecule has 1 aliphatic rings. The van der Waals surface area contributed by atoms with Crippen molar-refractivity contribution in [2.75, 3.05) is 30.4 Å². The van der Waals surface area contributed by atoms with Crippen molar-refractivity contribution < 1.29 is 9.59 Å². The Morgan fingerprint density at radius 2 is 1.75 bits per heavy atom. The average Bonchev–Trinajstić information content (AvgIpc) is 2.93. The second-order valence-electron chi connectivity index (χ2n) is 7.94. The van der Waals surface area contributed by atoms with Crippen molar-refractivity contribution >= 4 is 23.2 Å². The molecule has 1 atom stereocenters. The lowest BCUT2D eigenvalue weighted by Gasteiger charge is -2.25. The summed E-state index contributed by atoms with van der Waals surface area (Å²) in [6, 6.07) is 12.3. The van der Waals surface area contributed by atoms with Crippen LogP contribution in [0.1, 0.15) is 29.2 Å². The number of nitrogens with zero attached hydrogens (tertiary/aromatic N) is 2. The molecule has 0 fully saturated rings. The highest BCUT2D eigenvalue weighted by molar-refractivity contribution is 5.98. The molecule has 0 aromatic heterocycles. The third-order valence-electron chi connectivity index (χ3n) is 5.24. The predicted octanol–water partition coefficient (Wildman–Crippen LogP) is 3.46. The number of hydrogen-bond acceptors (Lipinski definition) is 3. The number of amides is 2. The number of benzene rings is 2. The van der Waals surface area contributed by atoms with Crippen LogP contribution in [0.3, 0.4) is 0 Å². The Morgan fingerprint density at radius 1 is 1.11 bits per heavy atom. The van der Waals surface area contributed by atoms with E-state index in [1.54, 1.807) is 11.9 Å². The summed E-state index contributed by atoms with van der Waals surface area (Å²) in [6.45, 7) is 8.47. The molecule has 148 valence electrons. The van der Waals surface area contributed by atoms with Gasteiger partial charge in [0.1, 0.15) is 0 Å². The van der Waals surface area contributed by atoms with Gasteiger partial charge >= 0.3 is 0 Å². The third-order valence-corrected chi connectivity index (χ3v) is 5.24. The zero-order valence-electron chi connectivity index (χ0n) is 17.4. The van der Waals surface area contributed by atoms with Crippen molar-refractivity contribution in [1.82, 2.24) is 4.90 Å². The van der Waals surface area contributed by atoms with Crippen molar-refractivity contribution in [3.63, 3.8) is 0 Å². The van der Waals surface area contributed by atoms with Crippen LogP contribution >= 0.6 is 0 Å². The molecule has 0 aliphatic carbocycles. The van der Waals surface area contributed by atoms with Gasteiger partial charge in [-0.1, -0.05) is 35.9 Å². The molecule has 1 heterocycles. The first-order chi connectivity index (χ1) is 13.3. The Hall–Kier alpha value is -2.66. The molecular weight excluding hydrogens is 350 g/mol. The maximum absolute atomic E-state index is 12.9. The summed E-state index contributed by atoms with van der Waals surface area (Å²) >= 11 is 0. The van der Waals surface area contributed by atoms with Gasteiger partial charge < -0.3 is 10.2 Å². The van der Waals surface area contributed by atoms with E-state index < -0.39 is 0 Å². The van der Waals surface area contributed by atoms with Gasteiger partial charge in [-0.2, -0.15) is 0 Å². The standard InChI is InChI=1S/C23H29N3O2/c1-15-10-16(2)23(17(3)11-15)24-21(27)13-25(5)14-22(28)26-18(4)12-19-8-6-7-9-20(19)26/h6-11,18H,12-14H2,1-5H3,(H,24,27)/t18-/m1/s1. The summed E-state index contributed by atoms with van der Waals surface area (Å²) in [5, 5.41) is 3.00. The summed E-state index contributed by atoms with van der Waals surface area (Å²) in [6.07, 6.45) is 0.873. The average molecular weight is 380 g/mol. The maximum Gasteiger partial charge on any atom is 0.241 e. The summed E-state index contributed by atoms with van der Waals surface area (Å²) in [5.41, 5.74) is 6.32. The van der Waals surface area contributed by atoms with Crippen LogP contribution < -0.4 is 10.2 Å². The first-order valence-corrected chi connectivity index (χ1v) is 9.72. The van der Waals surface area contributed by atoms with Gasteiger partial charge in [-0.25, -0.2) is 0 Å². The van der Waals surface area contributed by atoms with E-state index in [2.05, 4.69) is 30.4 Å². The molecule has 0 spiro atoms. The van der Waals surface area contributed by atoms with E-state index in [4.69, 9.17) is 0 Å². The molecule has 5 heteroatoms. The van der Waals surface area contributed by atoms with Crippen molar-refractivity contribution in [3.8, 4) is 0 Å². The van der Waals surface area contributed by atoms with Gasteiger partial charge in [0.2, 0.25) is 11.8 Å². The molecular formula is C23H29N3O2. The molecule has 0 saturated carbocycles. The number of aryl methyl sites for hydroxylation is 3. The van der Waals surface area contributed by atoms with E-state index in [1.165, 1.54) is 11.1 Å². The van der Waals surface area contributed by atoms with Crippen molar-refractivity contribution in [2.24, 2.45) is 0 Å². The van der Waals surface area contributed by atoms with Crippen molar-refractivity contribution in [1.29, 1.82) is 0 Å². The Labute approximate surface area is 167 Å². The van der Waals surface area contributed by atoms with Crippen LogP contribution in [0.25, 0.3) is 0 Å². The lowest BCUT2D eigenvalue weighted by molar-refractivity contribution is -0.121. The van der Waals surface area contributed by atoms with Crippen LogP contribution in [-0.4, -0.2) is 42.9 Å². The second kappa shape index (κ2) is 8.15. The zero-order valence-corrected chi connectivity index (χ0v) is 17.4. The van der Waals surface area contributed by atoms with E-state index in [0.29, 0.717) is 0 Å². The summed E-state index contributed by atoms with van der Waals surface area (Å²) in [5.74, 6) is -0.0873. The molecule has 2 amide bonds. The number of anilines is 2. The largest absolute Gasteiger partial charge is 0.324 e. The van der Waals surface area contributed by atoms with Crippen LogP contribution in [0.2, 0.25) is 0 Å². The SMILES string of the molecule is Cc1cc(C)c(NC(=O)CN(C)CC(=O)N2c3ccccc3C[C@H]2C)c(C)c1. The van der Waals surface area contributed by atoms with E-state index >= 15 is 0 Å².